The summed E-state index contributed by atoms with van der Waals surface area (Å²) in [6, 6.07) is 6.27. The largest absolute Gasteiger partial charge is 0.257 e. The molecule has 0 radical (unpaired) electrons. The van der Waals surface area contributed by atoms with Crippen LogP contribution in [0.2, 0.25) is 0 Å². The normalized spacial score (nSPS) is 42.8. The van der Waals surface area contributed by atoms with Crippen molar-refractivity contribution in [2.24, 2.45) is 28.6 Å². The van der Waals surface area contributed by atoms with Crippen LogP contribution in [-0.2, 0) is 0 Å². The Hall–Kier alpha value is -1.63. The fraction of sp³-hybridized carbons (Fsp3) is 0.560. The Kier molecular flexibility index (Phi) is 3.78. The van der Waals surface area contributed by atoms with E-state index < -0.39 is 0 Å². The molecule has 0 aliphatic heterocycles. The molecule has 0 spiro atoms. The fourth-order valence-electron chi connectivity index (χ4n) is 7.02. The lowest BCUT2D eigenvalue weighted by atomic mass is 9.48. The Morgan fingerprint density at radius 2 is 1.96 bits per heavy atom. The standard InChI is InChI=1S/C25H31N/c1-24-14-5-3-7-18(24)9-11-21-22-12-10-19(17-20-8-4-6-16-26-20)25(22,2)15-13-23(21)24/h3-4,6-9,16-17,21-23H,5,10-15H2,1-2H3/b19-17+/t21-,22-,23-,24-,25+/m0/s1. The van der Waals surface area contributed by atoms with E-state index in [0.29, 0.717) is 10.8 Å². The van der Waals surface area contributed by atoms with Gasteiger partial charge in [-0.05, 0) is 97.3 Å². The zero-order valence-corrected chi connectivity index (χ0v) is 16.2. The van der Waals surface area contributed by atoms with E-state index >= 15 is 0 Å². The van der Waals surface area contributed by atoms with Crippen molar-refractivity contribution in [3.63, 3.8) is 0 Å². The highest BCUT2D eigenvalue weighted by molar-refractivity contribution is 5.52. The molecule has 2 saturated carbocycles. The molecule has 0 N–H and O–H groups in total. The number of rotatable bonds is 1. The Labute approximate surface area is 158 Å². The molecule has 0 unspecified atom stereocenters. The molecule has 136 valence electrons. The maximum absolute atomic E-state index is 4.56. The summed E-state index contributed by atoms with van der Waals surface area (Å²) in [7, 11) is 0. The van der Waals surface area contributed by atoms with Gasteiger partial charge < -0.3 is 0 Å². The molecular weight excluding hydrogens is 314 g/mol. The van der Waals surface area contributed by atoms with E-state index in [-0.39, 0.29) is 0 Å². The van der Waals surface area contributed by atoms with Crippen LogP contribution >= 0.6 is 0 Å². The lowest BCUT2D eigenvalue weighted by molar-refractivity contribution is -0.00545. The summed E-state index contributed by atoms with van der Waals surface area (Å²) in [6.07, 6.45) is 21.1. The van der Waals surface area contributed by atoms with E-state index in [4.69, 9.17) is 0 Å². The zero-order chi connectivity index (χ0) is 17.8. The van der Waals surface area contributed by atoms with Gasteiger partial charge >= 0.3 is 0 Å². The molecule has 4 aliphatic rings. The minimum absolute atomic E-state index is 0.394. The van der Waals surface area contributed by atoms with E-state index in [0.717, 1.165) is 23.4 Å². The molecule has 0 amide bonds. The van der Waals surface area contributed by atoms with Gasteiger partial charge in [-0.15, -0.1) is 0 Å². The number of hydrogen-bond donors (Lipinski definition) is 0. The van der Waals surface area contributed by atoms with Gasteiger partial charge in [-0.25, -0.2) is 0 Å². The minimum Gasteiger partial charge on any atom is -0.257 e. The van der Waals surface area contributed by atoms with Gasteiger partial charge in [0.2, 0.25) is 0 Å². The average Bonchev–Trinajstić information content (AvgIpc) is 2.98. The predicted molar refractivity (Wildman–Crippen MR) is 108 cm³/mol. The molecule has 5 atom stereocenters. The monoisotopic (exact) mass is 345 g/mol. The molecular formula is C25H31N. The highest BCUT2D eigenvalue weighted by atomic mass is 14.7. The fourth-order valence-corrected chi connectivity index (χ4v) is 7.02. The van der Waals surface area contributed by atoms with Crippen LogP contribution < -0.4 is 0 Å². The van der Waals surface area contributed by atoms with E-state index in [2.05, 4.69) is 55.3 Å². The second-order valence-electron chi connectivity index (χ2n) is 9.55. The molecule has 1 heterocycles. The van der Waals surface area contributed by atoms with Crippen molar-refractivity contribution in [1.82, 2.24) is 4.98 Å². The summed E-state index contributed by atoms with van der Waals surface area (Å²) >= 11 is 0. The molecule has 1 aromatic heterocycles. The zero-order valence-electron chi connectivity index (χ0n) is 16.2. The Bertz CT molecular complexity index is 786. The molecule has 1 heteroatoms. The Morgan fingerprint density at radius 3 is 2.81 bits per heavy atom. The summed E-state index contributed by atoms with van der Waals surface area (Å²) in [4.78, 5) is 4.56. The summed E-state index contributed by atoms with van der Waals surface area (Å²) in [5.41, 5.74) is 5.29. The summed E-state index contributed by atoms with van der Waals surface area (Å²) in [5.74, 6) is 2.63. The third-order valence-electron chi connectivity index (χ3n) is 8.51. The van der Waals surface area contributed by atoms with Gasteiger partial charge in [0.25, 0.3) is 0 Å². The minimum atomic E-state index is 0.394. The maximum atomic E-state index is 4.56. The van der Waals surface area contributed by atoms with Crippen LogP contribution in [0.1, 0.15) is 64.5 Å². The van der Waals surface area contributed by atoms with Crippen molar-refractivity contribution in [2.45, 2.75) is 58.8 Å². The van der Waals surface area contributed by atoms with Crippen LogP contribution in [-0.4, -0.2) is 4.98 Å². The first-order valence-electron chi connectivity index (χ1n) is 10.6. The van der Waals surface area contributed by atoms with Gasteiger partial charge in [-0.2, -0.15) is 0 Å². The molecule has 0 aromatic carbocycles. The Balaban J connectivity index is 1.48. The molecule has 0 bridgehead atoms. The van der Waals surface area contributed by atoms with Gasteiger partial charge in [0.1, 0.15) is 0 Å². The molecule has 2 fully saturated rings. The van der Waals surface area contributed by atoms with Gasteiger partial charge in [0.05, 0.1) is 5.69 Å². The lowest BCUT2D eigenvalue weighted by Crippen LogP contribution is -2.48. The van der Waals surface area contributed by atoms with Gasteiger partial charge in [-0.3, -0.25) is 4.98 Å². The Morgan fingerprint density at radius 1 is 1.08 bits per heavy atom. The summed E-state index contributed by atoms with van der Waals surface area (Å²) in [5, 5.41) is 0. The molecule has 5 rings (SSSR count). The van der Waals surface area contributed by atoms with Crippen LogP contribution in [0.3, 0.4) is 0 Å². The molecule has 1 aromatic rings. The predicted octanol–water partition coefficient (Wildman–Crippen LogP) is 6.59. The third kappa shape index (κ3) is 2.32. The first kappa shape index (κ1) is 16.5. The number of pyridine rings is 1. The molecule has 4 aliphatic carbocycles. The van der Waals surface area contributed by atoms with Crippen LogP contribution in [0, 0.1) is 28.6 Å². The van der Waals surface area contributed by atoms with Crippen molar-refractivity contribution < 1.29 is 0 Å². The quantitative estimate of drug-likeness (QED) is 0.559. The number of nitrogens with zero attached hydrogens (tertiary/aromatic N) is 1. The SMILES string of the molecule is C[C@]12CCC=CC1=CC[C@@H]1[C@@H]2CC[C@]2(C)/C(=C/c3ccccn3)CC[C@@H]12. The van der Waals surface area contributed by atoms with Crippen LogP contribution in [0.4, 0.5) is 0 Å². The van der Waals surface area contributed by atoms with Crippen LogP contribution in [0.5, 0.6) is 0 Å². The number of fused-ring (bicyclic) bond motifs is 5. The van der Waals surface area contributed by atoms with Crippen LogP contribution in [0.25, 0.3) is 6.08 Å². The highest BCUT2D eigenvalue weighted by Gasteiger charge is 2.56. The highest BCUT2D eigenvalue weighted by Crippen LogP contribution is 2.65. The van der Waals surface area contributed by atoms with Crippen LogP contribution in [0.15, 0.2) is 53.8 Å². The van der Waals surface area contributed by atoms with Gasteiger partial charge in [0.15, 0.2) is 0 Å². The topological polar surface area (TPSA) is 12.9 Å². The molecule has 0 saturated heterocycles. The summed E-state index contributed by atoms with van der Waals surface area (Å²) < 4.78 is 0. The van der Waals surface area contributed by atoms with Crippen molar-refractivity contribution in [1.29, 1.82) is 0 Å². The van der Waals surface area contributed by atoms with E-state index in [1.807, 2.05) is 12.3 Å². The van der Waals surface area contributed by atoms with Crippen molar-refractivity contribution in [3.8, 4) is 0 Å². The lowest BCUT2D eigenvalue weighted by Gasteiger charge is -2.56. The average molecular weight is 346 g/mol. The number of allylic oxidation sites excluding steroid dienone is 5. The summed E-state index contributed by atoms with van der Waals surface area (Å²) in [6.45, 7) is 5.14. The van der Waals surface area contributed by atoms with Gasteiger partial charge in [0, 0.05) is 6.20 Å². The second-order valence-corrected chi connectivity index (χ2v) is 9.55. The maximum Gasteiger partial charge on any atom is 0.0629 e. The van der Waals surface area contributed by atoms with E-state index in [9.17, 15) is 0 Å². The van der Waals surface area contributed by atoms with Crippen molar-refractivity contribution >= 4 is 6.08 Å². The van der Waals surface area contributed by atoms with E-state index in [1.165, 1.54) is 44.9 Å². The van der Waals surface area contributed by atoms with Crippen molar-refractivity contribution in [2.75, 3.05) is 0 Å². The number of aromatic nitrogens is 1. The van der Waals surface area contributed by atoms with E-state index in [1.54, 1.807) is 11.1 Å². The number of hydrogen-bond acceptors (Lipinski definition) is 1. The smallest absolute Gasteiger partial charge is 0.0629 e. The first-order chi connectivity index (χ1) is 12.6. The first-order valence-corrected chi connectivity index (χ1v) is 10.6. The second kappa shape index (κ2) is 5.94. The van der Waals surface area contributed by atoms with Crippen molar-refractivity contribution in [3.05, 3.63) is 59.5 Å². The molecule has 26 heavy (non-hydrogen) atoms. The van der Waals surface area contributed by atoms with Gasteiger partial charge in [-0.1, -0.05) is 43.7 Å². The third-order valence-corrected chi connectivity index (χ3v) is 8.51. The molecule has 1 nitrogen and oxygen atoms in total.